The molecule has 0 saturated carbocycles. The topological polar surface area (TPSA) is 52.6 Å². The summed E-state index contributed by atoms with van der Waals surface area (Å²) in [5.41, 5.74) is 1.05. The Labute approximate surface area is 112 Å². The molecule has 0 bridgehead atoms. The number of nitrogens with one attached hydrogen (secondary N) is 1. The van der Waals surface area contributed by atoms with E-state index in [0.29, 0.717) is 11.6 Å². The minimum Gasteiger partial charge on any atom is -0.481 e. The molecule has 2 N–H and O–H groups in total. The van der Waals surface area contributed by atoms with Crippen LogP contribution in [0.4, 0.5) is 5.69 Å². The van der Waals surface area contributed by atoms with Crippen molar-refractivity contribution in [3.8, 4) is 0 Å². The van der Waals surface area contributed by atoms with E-state index >= 15 is 0 Å². The number of carbonyl (C=O) groups is 1. The molecule has 0 aliphatic carbocycles. The first-order chi connectivity index (χ1) is 8.54. The highest BCUT2D eigenvalue weighted by atomic mass is 35.5. The lowest BCUT2D eigenvalue weighted by molar-refractivity contribution is -0.137. The highest BCUT2D eigenvalue weighted by molar-refractivity contribution is 6.30. The summed E-state index contributed by atoms with van der Waals surface area (Å²) in [6.45, 7) is 3.61. The van der Waals surface area contributed by atoms with Crippen molar-refractivity contribution in [1.82, 2.24) is 5.32 Å². The number of carboxylic acids is 1. The van der Waals surface area contributed by atoms with Crippen LogP contribution in [0.15, 0.2) is 24.3 Å². The van der Waals surface area contributed by atoms with E-state index in [2.05, 4.69) is 17.1 Å². The minimum absolute atomic E-state index is 0.0229. The Hall–Kier alpha value is -1.26. The van der Waals surface area contributed by atoms with Gasteiger partial charge >= 0.3 is 5.97 Å². The second kappa shape index (κ2) is 5.59. The van der Waals surface area contributed by atoms with Crippen LogP contribution < -0.4 is 10.2 Å². The van der Waals surface area contributed by atoms with Gasteiger partial charge in [-0.1, -0.05) is 17.7 Å². The molecule has 0 amide bonds. The molecule has 2 rings (SSSR count). The van der Waals surface area contributed by atoms with Crippen LogP contribution in [0.5, 0.6) is 0 Å². The van der Waals surface area contributed by atoms with Gasteiger partial charge in [0.05, 0.1) is 6.42 Å². The third-order valence-electron chi connectivity index (χ3n) is 3.05. The Kier molecular flexibility index (Phi) is 4.09. The zero-order chi connectivity index (χ0) is 13.1. The largest absolute Gasteiger partial charge is 0.481 e. The van der Waals surface area contributed by atoms with Gasteiger partial charge in [0.2, 0.25) is 0 Å². The summed E-state index contributed by atoms with van der Waals surface area (Å²) in [7, 11) is 0. The molecule has 1 aromatic carbocycles. The summed E-state index contributed by atoms with van der Waals surface area (Å²) in [5, 5.41) is 12.9. The number of aliphatic carboxylic acids is 1. The van der Waals surface area contributed by atoms with Gasteiger partial charge in [0.25, 0.3) is 0 Å². The van der Waals surface area contributed by atoms with E-state index in [1.807, 2.05) is 24.3 Å². The monoisotopic (exact) mass is 268 g/mol. The summed E-state index contributed by atoms with van der Waals surface area (Å²) in [4.78, 5) is 13.0. The average Bonchev–Trinajstić information content (AvgIpc) is 2.27. The molecule has 2 unspecified atom stereocenters. The van der Waals surface area contributed by atoms with Crippen LogP contribution in [0.25, 0.3) is 0 Å². The molecule has 1 fully saturated rings. The van der Waals surface area contributed by atoms with Crippen molar-refractivity contribution in [3.63, 3.8) is 0 Å². The summed E-state index contributed by atoms with van der Waals surface area (Å²) >= 11 is 5.98. The van der Waals surface area contributed by atoms with E-state index in [1.54, 1.807) is 0 Å². The maximum atomic E-state index is 10.8. The van der Waals surface area contributed by atoms with E-state index in [9.17, 15) is 4.79 Å². The van der Waals surface area contributed by atoms with Crippen LogP contribution in [0.3, 0.4) is 0 Å². The second-order valence-corrected chi connectivity index (χ2v) is 5.18. The van der Waals surface area contributed by atoms with Crippen molar-refractivity contribution < 1.29 is 9.90 Å². The van der Waals surface area contributed by atoms with E-state index in [-0.39, 0.29) is 18.5 Å². The summed E-state index contributed by atoms with van der Waals surface area (Å²) in [6, 6.07) is 7.91. The zero-order valence-corrected chi connectivity index (χ0v) is 11.0. The number of nitrogens with zero attached hydrogens (tertiary/aromatic N) is 1. The molecule has 0 radical (unpaired) electrons. The Morgan fingerprint density at radius 1 is 1.56 bits per heavy atom. The number of hydrogen-bond donors (Lipinski definition) is 2. The Bertz CT molecular complexity index is 439. The fourth-order valence-corrected chi connectivity index (χ4v) is 2.58. The summed E-state index contributed by atoms with van der Waals surface area (Å²) in [5.74, 6) is -0.771. The van der Waals surface area contributed by atoms with Crippen LogP contribution in [-0.4, -0.2) is 36.2 Å². The van der Waals surface area contributed by atoms with Crippen LogP contribution in [0.2, 0.25) is 5.02 Å². The molecule has 18 heavy (non-hydrogen) atoms. The predicted molar refractivity (Wildman–Crippen MR) is 72.3 cm³/mol. The maximum absolute atomic E-state index is 10.8. The fourth-order valence-electron chi connectivity index (χ4n) is 2.40. The van der Waals surface area contributed by atoms with Crippen molar-refractivity contribution in [1.29, 1.82) is 0 Å². The minimum atomic E-state index is -0.771. The first-order valence-electron chi connectivity index (χ1n) is 6.03. The smallest absolute Gasteiger partial charge is 0.304 e. The molecule has 1 saturated heterocycles. The number of piperazine rings is 1. The van der Waals surface area contributed by atoms with Gasteiger partial charge in [-0.05, 0) is 25.1 Å². The van der Waals surface area contributed by atoms with E-state index < -0.39 is 5.97 Å². The highest BCUT2D eigenvalue weighted by Crippen LogP contribution is 2.22. The van der Waals surface area contributed by atoms with Crippen molar-refractivity contribution >= 4 is 23.3 Å². The summed E-state index contributed by atoms with van der Waals surface area (Å²) < 4.78 is 0. The first kappa shape index (κ1) is 13.2. The van der Waals surface area contributed by atoms with Crippen molar-refractivity contribution in [2.45, 2.75) is 25.4 Å². The van der Waals surface area contributed by atoms with Crippen molar-refractivity contribution in [3.05, 3.63) is 29.3 Å². The van der Waals surface area contributed by atoms with Gasteiger partial charge in [0, 0.05) is 35.9 Å². The van der Waals surface area contributed by atoms with Gasteiger partial charge in [-0.2, -0.15) is 0 Å². The van der Waals surface area contributed by atoms with E-state index in [1.165, 1.54) is 0 Å². The van der Waals surface area contributed by atoms with E-state index in [4.69, 9.17) is 16.7 Å². The molecule has 98 valence electrons. The van der Waals surface area contributed by atoms with Gasteiger partial charge in [-0.15, -0.1) is 0 Å². The number of halogens is 1. The lowest BCUT2D eigenvalue weighted by Crippen LogP contribution is -2.56. The Morgan fingerprint density at radius 2 is 2.33 bits per heavy atom. The molecule has 0 spiro atoms. The van der Waals surface area contributed by atoms with Gasteiger partial charge in [0.15, 0.2) is 0 Å². The Balaban J connectivity index is 2.10. The molecule has 1 aliphatic heterocycles. The molecular formula is C13H17ClN2O2. The number of benzene rings is 1. The SMILES string of the molecule is CC1CN(c2cccc(Cl)c2)CC(CC(=O)O)N1. The van der Waals surface area contributed by atoms with Gasteiger partial charge in [-0.25, -0.2) is 0 Å². The Morgan fingerprint density at radius 3 is 3.00 bits per heavy atom. The highest BCUT2D eigenvalue weighted by Gasteiger charge is 2.25. The van der Waals surface area contributed by atoms with Crippen LogP contribution in [0.1, 0.15) is 13.3 Å². The van der Waals surface area contributed by atoms with Gasteiger partial charge in [-0.3, -0.25) is 4.79 Å². The molecule has 5 heteroatoms. The molecule has 2 atom stereocenters. The normalized spacial score (nSPS) is 24.0. The molecule has 1 aliphatic rings. The van der Waals surface area contributed by atoms with Gasteiger partial charge in [0.1, 0.15) is 0 Å². The van der Waals surface area contributed by atoms with Crippen molar-refractivity contribution in [2.24, 2.45) is 0 Å². The first-order valence-corrected chi connectivity index (χ1v) is 6.41. The third-order valence-corrected chi connectivity index (χ3v) is 3.28. The number of carboxylic acid groups (broad SMARTS) is 1. The van der Waals surface area contributed by atoms with Crippen LogP contribution in [-0.2, 0) is 4.79 Å². The standard InChI is InChI=1S/C13H17ClN2O2/c1-9-7-16(8-11(15-9)6-13(17)18)12-4-2-3-10(14)5-12/h2-5,9,11,15H,6-8H2,1H3,(H,17,18). The number of anilines is 1. The second-order valence-electron chi connectivity index (χ2n) is 4.75. The average molecular weight is 269 g/mol. The molecule has 1 aromatic rings. The maximum Gasteiger partial charge on any atom is 0.304 e. The third kappa shape index (κ3) is 3.37. The predicted octanol–water partition coefficient (Wildman–Crippen LogP) is 1.98. The molecular weight excluding hydrogens is 252 g/mol. The molecule has 0 aromatic heterocycles. The van der Waals surface area contributed by atoms with Crippen LogP contribution >= 0.6 is 11.6 Å². The lowest BCUT2D eigenvalue weighted by Gasteiger charge is -2.38. The number of rotatable bonds is 3. The van der Waals surface area contributed by atoms with Crippen molar-refractivity contribution in [2.75, 3.05) is 18.0 Å². The molecule has 1 heterocycles. The lowest BCUT2D eigenvalue weighted by atomic mass is 10.1. The van der Waals surface area contributed by atoms with Gasteiger partial charge < -0.3 is 15.3 Å². The fraction of sp³-hybridized carbons (Fsp3) is 0.462. The van der Waals surface area contributed by atoms with Crippen LogP contribution in [0, 0.1) is 0 Å². The van der Waals surface area contributed by atoms with E-state index in [0.717, 1.165) is 12.2 Å². The zero-order valence-electron chi connectivity index (χ0n) is 10.3. The number of hydrogen-bond acceptors (Lipinski definition) is 3. The summed E-state index contributed by atoms with van der Waals surface area (Å²) in [6.07, 6.45) is 0.140. The quantitative estimate of drug-likeness (QED) is 0.880. The molecule has 4 nitrogen and oxygen atoms in total.